The highest BCUT2D eigenvalue weighted by Gasteiger charge is 2.09. The molecule has 1 aromatic heterocycles. The van der Waals surface area contributed by atoms with Gasteiger partial charge in [0.2, 0.25) is 11.9 Å². The molecule has 0 saturated carbocycles. The number of nitrogens with one attached hydrogen (secondary N) is 2. The number of nitrogens with zero attached hydrogens (tertiary/aromatic N) is 3. The van der Waals surface area contributed by atoms with E-state index in [0.29, 0.717) is 16.8 Å². The van der Waals surface area contributed by atoms with Crippen molar-refractivity contribution in [3.8, 4) is 6.01 Å². The lowest BCUT2D eigenvalue weighted by molar-refractivity contribution is 0.312. The minimum Gasteiger partial charge on any atom is -0.464 e. The number of nitrogens with two attached hydrogens (primary N) is 1. The highest BCUT2D eigenvalue weighted by atomic mass is 79.9. The van der Waals surface area contributed by atoms with Crippen LogP contribution in [-0.4, -0.2) is 21.6 Å². The Bertz CT molecular complexity index is 611. The molecule has 4 N–H and O–H groups in total. The third-order valence-electron chi connectivity index (χ3n) is 2.20. The van der Waals surface area contributed by atoms with E-state index < -0.39 is 0 Å². The molecule has 0 fully saturated rings. The van der Waals surface area contributed by atoms with Crippen molar-refractivity contribution < 1.29 is 9.13 Å². The van der Waals surface area contributed by atoms with E-state index in [9.17, 15) is 4.39 Å². The van der Waals surface area contributed by atoms with Crippen molar-refractivity contribution in [1.82, 2.24) is 15.0 Å². The standard InChI is InChI=1S/C11H12BrFN6O/c1-2-20-11-17-9(16-10(18-11)19-14)15-8-4-3-6(13)5-7(8)12/h3-5H,2,14H2,1H3,(H2,15,16,17,18,19). The van der Waals surface area contributed by atoms with Gasteiger partial charge in [-0.3, -0.25) is 5.43 Å². The smallest absolute Gasteiger partial charge is 0.323 e. The molecular weight excluding hydrogens is 331 g/mol. The second kappa shape index (κ2) is 6.44. The maximum Gasteiger partial charge on any atom is 0.323 e. The quantitative estimate of drug-likeness (QED) is 0.565. The molecule has 7 nitrogen and oxygen atoms in total. The Morgan fingerprint density at radius 3 is 2.70 bits per heavy atom. The Morgan fingerprint density at radius 2 is 2.05 bits per heavy atom. The highest BCUT2D eigenvalue weighted by Crippen LogP contribution is 2.25. The van der Waals surface area contributed by atoms with Crippen LogP contribution in [0.2, 0.25) is 0 Å². The first-order valence-corrected chi connectivity index (χ1v) is 6.49. The molecule has 0 radical (unpaired) electrons. The molecule has 2 aromatic rings. The second-order valence-electron chi connectivity index (χ2n) is 3.59. The number of benzene rings is 1. The van der Waals surface area contributed by atoms with Crippen LogP contribution in [0.15, 0.2) is 22.7 Å². The second-order valence-corrected chi connectivity index (χ2v) is 4.45. The summed E-state index contributed by atoms with van der Waals surface area (Å²) >= 11 is 3.24. The summed E-state index contributed by atoms with van der Waals surface area (Å²) in [6.45, 7) is 2.22. The number of hydrogen-bond donors (Lipinski definition) is 3. The van der Waals surface area contributed by atoms with Crippen LogP contribution in [-0.2, 0) is 0 Å². The van der Waals surface area contributed by atoms with Gasteiger partial charge >= 0.3 is 6.01 Å². The molecule has 106 valence electrons. The molecule has 1 heterocycles. The van der Waals surface area contributed by atoms with Crippen molar-refractivity contribution in [2.75, 3.05) is 17.3 Å². The summed E-state index contributed by atoms with van der Waals surface area (Å²) in [6.07, 6.45) is 0. The van der Waals surface area contributed by atoms with E-state index >= 15 is 0 Å². The molecule has 0 saturated heterocycles. The Balaban J connectivity index is 2.29. The molecule has 0 spiro atoms. The van der Waals surface area contributed by atoms with Crippen molar-refractivity contribution in [2.45, 2.75) is 6.92 Å². The van der Waals surface area contributed by atoms with Gasteiger partial charge in [-0.15, -0.1) is 0 Å². The van der Waals surface area contributed by atoms with Crippen LogP contribution in [0.1, 0.15) is 6.92 Å². The molecule has 0 aliphatic rings. The van der Waals surface area contributed by atoms with E-state index in [2.05, 4.69) is 41.6 Å². The van der Waals surface area contributed by atoms with Crippen LogP contribution in [0.3, 0.4) is 0 Å². The lowest BCUT2D eigenvalue weighted by Gasteiger charge is -2.09. The first-order chi connectivity index (χ1) is 9.62. The van der Waals surface area contributed by atoms with Crippen LogP contribution in [0.5, 0.6) is 6.01 Å². The Hall–Kier alpha value is -2.00. The number of nitrogen functional groups attached to an aromatic ring is 1. The Labute approximate surface area is 122 Å². The van der Waals surface area contributed by atoms with Gasteiger partial charge in [0.25, 0.3) is 0 Å². The zero-order valence-corrected chi connectivity index (χ0v) is 12.1. The first kappa shape index (κ1) is 14.4. The first-order valence-electron chi connectivity index (χ1n) is 5.70. The summed E-state index contributed by atoms with van der Waals surface area (Å²) in [6, 6.07) is 4.34. The van der Waals surface area contributed by atoms with E-state index in [4.69, 9.17) is 10.6 Å². The van der Waals surface area contributed by atoms with E-state index in [0.717, 1.165) is 0 Å². The molecule has 0 unspecified atom stereocenters. The van der Waals surface area contributed by atoms with E-state index in [-0.39, 0.29) is 23.7 Å². The van der Waals surface area contributed by atoms with Crippen LogP contribution in [0, 0.1) is 5.82 Å². The molecule has 0 aliphatic carbocycles. The van der Waals surface area contributed by atoms with Gasteiger partial charge in [0.05, 0.1) is 12.3 Å². The summed E-state index contributed by atoms with van der Waals surface area (Å²) in [5.74, 6) is 5.31. The molecule has 2 rings (SSSR count). The van der Waals surface area contributed by atoms with Crippen molar-refractivity contribution in [1.29, 1.82) is 0 Å². The summed E-state index contributed by atoms with van der Waals surface area (Å²) in [5, 5.41) is 2.92. The van der Waals surface area contributed by atoms with Gasteiger partial charge in [0, 0.05) is 4.47 Å². The maximum absolute atomic E-state index is 13.0. The third-order valence-corrected chi connectivity index (χ3v) is 2.85. The average Bonchev–Trinajstić information content (AvgIpc) is 2.42. The largest absolute Gasteiger partial charge is 0.464 e. The van der Waals surface area contributed by atoms with Crippen LogP contribution in [0.25, 0.3) is 0 Å². The predicted octanol–water partition coefficient (Wildman–Crippen LogP) is 2.20. The fourth-order valence-corrected chi connectivity index (χ4v) is 1.83. The van der Waals surface area contributed by atoms with Gasteiger partial charge in [0.15, 0.2) is 0 Å². The summed E-state index contributed by atoms with van der Waals surface area (Å²) in [5.41, 5.74) is 2.92. The lowest BCUT2D eigenvalue weighted by atomic mass is 10.3. The lowest BCUT2D eigenvalue weighted by Crippen LogP contribution is -2.13. The normalized spacial score (nSPS) is 10.2. The SMILES string of the molecule is CCOc1nc(NN)nc(Nc2ccc(F)cc2Br)n1. The molecule has 0 aliphatic heterocycles. The number of rotatable bonds is 5. The van der Waals surface area contributed by atoms with Crippen molar-refractivity contribution in [3.05, 3.63) is 28.5 Å². The van der Waals surface area contributed by atoms with Crippen molar-refractivity contribution in [2.24, 2.45) is 5.84 Å². The van der Waals surface area contributed by atoms with Gasteiger partial charge in [-0.2, -0.15) is 15.0 Å². The van der Waals surface area contributed by atoms with Gasteiger partial charge in [-0.05, 0) is 41.1 Å². The molecule has 0 atom stereocenters. The summed E-state index contributed by atoms with van der Waals surface area (Å²) in [4.78, 5) is 12.0. The Kier molecular flexibility index (Phi) is 4.64. The van der Waals surface area contributed by atoms with Gasteiger partial charge < -0.3 is 10.1 Å². The van der Waals surface area contributed by atoms with Crippen LogP contribution >= 0.6 is 15.9 Å². The molecule has 1 aromatic carbocycles. The number of anilines is 3. The van der Waals surface area contributed by atoms with Crippen molar-refractivity contribution in [3.63, 3.8) is 0 Å². The number of hydrazine groups is 1. The molecule has 20 heavy (non-hydrogen) atoms. The van der Waals surface area contributed by atoms with Gasteiger partial charge in [-0.1, -0.05) is 0 Å². The maximum atomic E-state index is 13.0. The monoisotopic (exact) mass is 342 g/mol. The van der Waals surface area contributed by atoms with Gasteiger partial charge in [0.1, 0.15) is 5.82 Å². The Morgan fingerprint density at radius 1 is 1.30 bits per heavy atom. The van der Waals surface area contributed by atoms with E-state index in [1.807, 2.05) is 6.92 Å². The molecule has 0 amide bonds. The number of ether oxygens (including phenoxy) is 1. The molecular formula is C11H12BrFN6O. The number of hydrogen-bond acceptors (Lipinski definition) is 7. The summed E-state index contributed by atoms with van der Waals surface area (Å²) < 4.78 is 18.8. The molecule has 0 bridgehead atoms. The zero-order chi connectivity index (χ0) is 14.5. The number of halogens is 2. The predicted molar refractivity (Wildman–Crippen MR) is 76.2 cm³/mol. The zero-order valence-electron chi connectivity index (χ0n) is 10.5. The van der Waals surface area contributed by atoms with Crippen LogP contribution < -0.4 is 21.3 Å². The summed E-state index contributed by atoms with van der Waals surface area (Å²) in [7, 11) is 0. The fourth-order valence-electron chi connectivity index (χ4n) is 1.38. The van der Waals surface area contributed by atoms with E-state index in [1.54, 1.807) is 6.07 Å². The van der Waals surface area contributed by atoms with Crippen LogP contribution in [0.4, 0.5) is 22.0 Å². The third kappa shape index (κ3) is 3.52. The number of aromatic nitrogens is 3. The van der Waals surface area contributed by atoms with E-state index in [1.165, 1.54) is 12.1 Å². The minimum atomic E-state index is -0.350. The molecule has 9 heteroatoms. The van der Waals surface area contributed by atoms with Crippen molar-refractivity contribution >= 4 is 33.5 Å². The average molecular weight is 343 g/mol. The fraction of sp³-hybridized carbons (Fsp3) is 0.182. The minimum absolute atomic E-state index is 0.135. The topological polar surface area (TPSA) is 98.0 Å². The highest BCUT2D eigenvalue weighted by molar-refractivity contribution is 9.10. The van der Waals surface area contributed by atoms with Gasteiger partial charge in [-0.25, -0.2) is 10.2 Å².